The maximum atomic E-state index is 5.45. The maximum Gasteiger partial charge on any atom is 0.126 e. The van der Waals surface area contributed by atoms with Crippen LogP contribution < -0.4 is 10.1 Å². The summed E-state index contributed by atoms with van der Waals surface area (Å²) in [7, 11) is 1.73. The van der Waals surface area contributed by atoms with Crippen LogP contribution >= 0.6 is 0 Å². The van der Waals surface area contributed by atoms with Crippen LogP contribution in [0.5, 0.6) is 5.75 Å². The van der Waals surface area contributed by atoms with Gasteiger partial charge in [-0.2, -0.15) is 0 Å². The molecule has 0 unspecified atom stereocenters. The van der Waals surface area contributed by atoms with E-state index in [0.29, 0.717) is 0 Å². The minimum Gasteiger partial charge on any atom is -0.496 e. The van der Waals surface area contributed by atoms with Gasteiger partial charge < -0.3 is 10.1 Å². The molecular weight excluding hydrogens is 236 g/mol. The molecule has 1 N–H and O–H groups in total. The minimum atomic E-state index is 0.958. The van der Waals surface area contributed by atoms with Gasteiger partial charge in [0, 0.05) is 38.1 Å². The third kappa shape index (κ3) is 2.57. The van der Waals surface area contributed by atoms with Crippen molar-refractivity contribution in [1.82, 2.24) is 10.2 Å². The van der Waals surface area contributed by atoms with Crippen LogP contribution in [0.4, 0.5) is 0 Å². The molecule has 0 atom stereocenters. The first kappa shape index (κ1) is 12.5. The Morgan fingerprint density at radius 1 is 1.05 bits per heavy atom. The van der Waals surface area contributed by atoms with Crippen LogP contribution in [0.25, 0.3) is 10.8 Å². The summed E-state index contributed by atoms with van der Waals surface area (Å²) in [6.45, 7) is 5.45. The predicted molar refractivity (Wildman–Crippen MR) is 78.6 cm³/mol. The Morgan fingerprint density at radius 2 is 1.79 bits per heavy atom. The second-order valence-electron chi connectivity index (χ2n) is 5.00. The molecule has 0 aliphatic carbocycles. The van der Waals surface area contributed by atoms with E-state index in [-0.39, 0.29) is 0 Å². The Kier molecular flexibility index (Phi) is 3.67. The van der Waals surface area contributed by atoms with Gasteiger partial charge in [0.15, 0.2) is 0 Å². The number of ether oxygens (including phenoxy) is 1. The highest BCUT2D eigenvalue weighted by atomic mass is 16.5. The number of methoxy groups -OCH3 is 1. The Morgan fingerprint density at radius 3 is 2.53 bits per heavy atom. The van der Waals surface area contributed by atoms with Crippen molar-refractivity contribution in [3.63, 3.8) is 0 Å². The molecule has 2 aromatic carbocycles. The molecular formula is C16H20N2O. The van der Waals surface area contributed by atoms with Crippen molar-refractivity contribution in [2.75, 3.05) is 33.3 Å². The average molecular weight is 256 g/mol. The Hall–Kier alpha value is -1.58. The summed E-state index contributed by atoms with van der Waals surface area (Å²) < 4.78 is 5.45. The molecule has 0 radical (unpaired) electrons. The van der Waals surface area contributed by atoms with Crippen molar-refractivity contribution in [3.05, 3.63) is 42.0 Å². The minimum absolute atomic E-state index is 0.958. The van der Waals surface area contributed by atoms with Crippen LogP contribution in [-0.4, -0.2) is 38.2 Å². The zero-order valence-corrected chi connectivity index (χ0v) is 11.4. The van der Waals surface area contributed by atoms with Crippen molar-refractivity contribution in [2.45, 2.75) is 6.54 Å². The van der Waals surface area contributed by atoms with Crippen molar-refractivity contribution in [1.29, 1.82) is 0 Å². The normalized spacial score (nSPS) is 16.7. The van der Waals surface area contributed by atoms with Gasteiger partial charge in [0.25, 0.3) is 0 Å². The first-order valence-corrected chi connectivity index (χ1v) is 6.86. The second kappa shape index (κ2) is 5.59. The highest BCUT2D eigenvalue weighted by Crippen LogP contribution is 2.29. The third-order valence-corrected chi connectivity index (χ3v) is 3.80. The predicted octanol–water partition coefficient (Wildman–Crippen LogP) is 2.25. The maximum absolute atomic E-state index is 5.45. The number of nitrogens with zero attached hydrogens (tertiary/aromatic N) is 1. The number of fused-ring (bicyclic) bond motifs is 1. The van der Waals surface area contributed by atoms with Crippen LogP contribution in [0.1, 0.15) is 5.56 Å². The van der Waals surface area contributed by atoms with E-state index in [9.17, 15) is 0 Å². The number of benzene rings is 2. The summed E-state index contributed by atoms with van der Waals surface area (Å²) in [5.41, 5.74) is 1.39. The fraction of sp³-hybridized carbons (Fsp3) is 0.375. The second-order valence-corrected chi connectivity index (χ2v) is 5.00. The highest BCUT2D eigenvalue weighted by molar-refractivity contribution is 5.91. The average Bonchev–Trinajstić information content (AvgIpc) is 2.49. The van der Waals surface area contributed by atoms with E-state index in [1.165, 1.54) is 16.3 Å². The van der Waals surface area contributed by atoms with Crippen LogP contribution in [-0.2, 0) is 6.54 Å². The fourth-order valence-electron chi connectivity index (χ4n) is 2.76. The molecule has 100 valence electrons. The summed E-state index contributed by atoms with van der Waals surface area (Å²) in [5.74, 6) is 0.958. The van der Waals surface area contributed by atoms with Crippen molar-refractivity contribution in [2.24, 2.45) is 0 Å². The zero-order valence-electron chi connectivity index (χ0n) is 11.4. The van der Waals surface area contributed by atoms with E-state index in [1.807, 2.05) is 0 Å². The van der Waals surface area contributed by atoms with Gasteiger partial charge in [0.05, 0.1) is 7.11 Å². The molecule has 1 fully saturated rings. The third-order valence-electron chi connectivity index (χ3n) is 3.80. The Balaban J connectivity index is 1.94. The summed E-state index contributed by atoms with van der Waals surface area (Å²) >= 11 is 0. The quantitative estimate of drug-likeness (QED) is 0.911. The molecule has 3 rings (SSSR count). The van der Waals surface area contributed by atoms with Gasteiger partial charge >= 0.3 is 0 Å². The summed E-state index contributed by atoms with van der Waals surface area (Å²) in [6.07, 6.45) is 0. The molecule has 1 saturated heterocycles. The lowest BCUT2D eigenvalue weighted by Crippen LogP contribution is -2.42. The largest absolute Gasteiger partial charge is 0.496 e. The Labute approximate surface area is 114 Å². The molecule has 19 heavy (non-hydrogen) atoms. The molecule has 0 aromatic heterocycles. The van der Waals surface area contributed by atoms with E-state index in [0.717, 1.165) is 38.5 Å². The molecule has 0 spiro atoms. The first-order chi connectivity index (χ1) is 9.38. The first-order valence-electron chi connectivity index (χ1n) is 6.86. The lowest BCUT2D eigenvalue weighted by atomic mass is 10.0. The number of hydrogen-bond donors (Lipinski definition) is 1. The monoisotopic (exact) mass is 256 g/mol. The van der Waals surface area contributed by atoms with Gasteiger partial charge in [-0.05, 0) is 17.0 Å². The summed E-state index contributed by atoms with van der Waals surface area (Å²) in [4.78, 5) is 2.50. The molecule has 2 aromatic rings. The van der Waals surface area contributed by atoms with E-state index >= 15 is 0 Å². The Bertz CT molecular complexity index is 562. The number of piperazine rings is 1. The van der Waals surface area contributed by atoms with E-state index in [2.05, 4.69) is 46.6 Å². The summed E-state index contributed by atoms with van der Waals surface area (Å²) in [5, 5.41) is 5.91. The fourth-order valence-corrected chi connectivity index (χ4v) is 2.76. The van der Waals surface area contributed by atoms with Crippen molar-refractivity contribution in [3.8, 4) is 5.75 Å². The molecule has 3 heteroatoms. The van der Waals surface area contributed by atoms with Gasteiger partial charge in [-0.1, -0.05) is 30.3 Å². The molecule has 3 nitrogen and oxygen atoms in total. The lowest BCUT2D eigenvalue weighted by molar-refractivity contribution is 0.234. The SMILES string of the molecule is COc1ccc(CN2CCNCC2)c2ccccc12. The smallest absolute Gasteiger partial charge is 0.126 e. The molecule has 0 saturated carbocycles. The van der Waals surface area contributed by atoms with Crippen LogP contribution in [0.2, 0.25) is 0 Å². The van der Waals surface area contributed by atoms with Crippen LogP contribution in [0.15, 0.2) is 36.4 Å². The van der Waals surface area contributed by atoms with Gasteiger partial charge in [-0.25, -0.2) is 0 Å². The van der Waals surface area contributed by atoms with E-state index < -0.39 is 0 Å². The van der Waals surface area contributed by atoms with Gasteiger partial charge in [0.1, 0.15) is 5.75 Å². The molecule has 1 heterocycles. The zero-order chi connectivity index (χ0) is 13.1. The number of hydrogen-bond acceptors (Lipinski definition) is 3. The van der Waals surface area contributed by atoms with Crippen molar-refractivity contribution < 1.29 is 4.74 Å². The summed E-state index contributed by atoms with van der Waals surface area (Å²) in [6, 6.07) is 12.8. The van der Waals surface area contributed by atoms with Crippen molar-refractivity contribution >= 4 is 10.8 Å². The molecule has 1 aliphatic rings. The van der Waals surface area contributed by atoms with Gasteiger partial charge in [0.2, 0.25) is 0 Å². The molecule has 1 aliphatic heterocycles. The molecule has 0 bridgehead atoms. The van der Waals surface area contributed by atoms with Crippen LogP contribution in [0.3, 0.4) is 0 Å². The lowest BCUT2D eigenvalue weighted by Gasteiger charge is -2.27. The van der Waals surface area contributed by atoms with Crippen LogP contribution in [0, 0.1) is 0 Å². The highest BCUT2D eigenvalue weighted by Gasteiger charge is 2.12. The van der Waals surface area contributed by atoms with Gasteiger partial charge in [-0.3, -0.25) is 4.90 Å². The van der Waals surface area contributed by atoms with E-state index in [1.54, 1.807) is 7.11 Å². The van der Waals surface area contributed by atoms with E-state index in [4.69, 9.17) is 4.74 Å². The standard InChI is InChI=1S/C16H20N2O/c1-19-16-7-6-13(12-18-10-8-17-9-11-18)14-4-2-3-5-15(14)16/h2-7,17H,8-12H2,1H3. The molecule has 0 amide bonds. The number of nitrogens with one attached hydrogen (secondary N) is 1. The topological polar surface area (TPSA) is 24.5 Å². The number of rotatable bonds is 3. The van der Waals surface area contributed by atoms with Gasteiger partial charge in [-0.15, -0.1) is 0 Å².